The summed E-state index contributed by atoms with van der Waals surface area (Å²) < 4.78 is 24.5. The van der Waals surface area contributed by atoms with Crippen LogP contribution in [-0.2, 0) is 28.0 Å². The molecule has 7 heteroatoms. The highest BCUT2D eigenvalue weighted by molar-refractivity contribution is 7.88. The van der Waals surface area contributed by atoms with Gasteiger partial charge in [0.25, 0.3) is 0 Å². The van der Waals surface area contributed by atoms with Gasteiger partial charge in [0, 0.05) is 13.1 Å². The Labute approximate surface area is 124 Å². The van der Waals surface area contributed by atoms with Gasteiger partial charge in [-0.1, -0.05) is 24.3 Å². The Bertz CT molecular complexity index is 615. The van der Waals surface area contributed by atoms with Crippen molar-refractivity contribution in [3.05, 3.63) is 35.4 Å². The lowest BCUT2D eigenvalue weighted by atomic mass is 10.1. The summed E-state index contributed by atoms with van der Waals surface area (Å²) >= 11 is 0. The van der Waals surface area contributed by atoms with Crippen molar-refractivity contribution in [2.24, 2.45) is 0 Å². The van der Waals surface area contributed by atoms with Crippen LogP contribution in [0, 0.1) is 0 Å². The number of aliphatic hydroxyl groups excluding tert-OH is 1. The predicted molar refractivity (Wildman–Crippen MR) is 78.8 cm³/mol. The van der Waals surface area contributed by atoms with Crippen LogP contribution in [0.2, 0.25) is 0 Å². The topological polar surface area (TPSA) is 86.7 Å². The zero-order chi connectivity index (χ0) is 15.5. The van der Waals surface area contributed by atoms with Gasteiger partial charge in [0.05, 0.1) is 12.9 Å². The summed E-state index contributed by atoms with van der Waals surface area (Å²) in [5, 5.41) is 11.8. The molecule has 116 valence electrons. The van der Waals surface area contributed by atoms with E-state index in [1.807, 2.05) is 18.2 Å². The van der Waals surface area contributed by atoms with Crippen molar-refractivity contribution in [3.8, 4) is 0 Å². The highest BCUT2D eigenvalue weighted by Crippen LogP contribution is 2.20. The Morgan fingerprint density at radius 1 is 1.43 bits per heavy atom. The van der Waals surface area contributed by atoms with E-state index in [1.54, 1.807) is 6.07 Å². The van der Waals surface area contributed by atoms with E-state index in [9.17, 15) is 13.2 Å². The number of nitrogens with zero attached hydrogens (tertiary/aromatic N) is 1. The minimum Gasteiger partial charge on any atom is -0.392 e. The Morgan fingerprint density at radius 3 is 2.81 bits per heavy atom. The second-order valence-corrected chi connectivity index (χ2v) is 7.16. The minimum absolute atomic E-state index is 0.0493. The van der Waals surface area contributed by atoms with Crippen molar-refractivity contribution in [2.45, 2.75) is 32.0 Å². The number of nitrogens with one attached hydrogen (secondary N) is 1. The van der Waals surface area contributed by atoms with Crippen LogP contribution in [0.15, 0.2) is 24.3 Å². The SMILES string of the molecule is CS(=O)(=O)N1CCCC1C(=O)NCc1cccc(CO)c1. The van der Waals surface area contributed by atoms with E-state index in [0.717, 1.165) is 17.4 Å². The van der Waals surface area contributed by atoms with Gasteiger partial charge in [-0.25, -0.2) is 8.42 Å². The van der Waals surface area contributed by atoms with Crippen molar-refractivity contribution in [2.75, 3.05) is 12.8 Å². The minimum atomic E-state index is -3.35. The number of benzene rings is 1. The molecule has 1 aromatic carbocycles. The molecule has 0 saturated carbocycles. The summed E-state index contributed by atoms with van der Waals surface area (Å²) in [7, 11) is -3.35. The molecule has 1 atom stereocenters. The van der Waals surface area contributed by atoms with Crippen LogP contribution in [0.25, 0.3) is 0 Å². The first-order chi connectivity index (χ1) is 9.91. The molecule has 1 aliphatic rings. The van der Waals surface area contributed by atoms with E-state index >= 15 is 0 Å². The molecule has 6 nitrogen and oxygen atoms in total. The van der Waals surface area contributed by atoms with Crippen LogP contribution in [0.1, 0.15) is 24.0 Å². The van der Waals surface area contributed by atoms with Crippen LogP contribution >= 0.6 is 0 Å². The van der Waals surface area contributed by atoms with E-state index < -0.39 is 16.1 Å². The van der Waals surface area contributed by atoms with Gasteiger partial charge in [0.2, 0.25) is 15.9 Å². The number of rotatable bonds is 5. The van der Waals surface area contributed by atoms with Crippen LogP contribution in [-0.4, -0.2) is 42.6 Å². The first-order valence-electron chi connectivity index (χ1n) is 6.85. The molecule has 0 bridgehead atoms. The van der Waals surface area contributed by atoms with Crippen LogP contribution in [0.3, 0.4) is 0 Å². The third kappa shape index (κ3) is 4.03. The number of hydrogen-bond donors (Lipinski definition) is 2. The van der Waals surface area contributed by atoms with Gasteiger partial charge in [0.1, 0.15) is 6.04 Å². The normalized spacial score (nSPS) is 19.6. The van der Waals surface area contributed by atoms with Crippen LogP contribution < -0.4 is 5.32 Å². The summed E-state index contributed by atoms with van der Waals surface area (Å²) in [5.74, 6) is -0.271. The molecule has 2 N–H and O–H groups in total. The highest BCUT2D eigenvalue weighted by atomic mass is 32.2. The largest absolute Gasteiger partial charge is 0.392 e. The number of aliphatic hydroxyl groups is 1. The molecule has 0 aromatic heterocycles. The Hall–Kier alpha value is -1.44. The van der Waals surface area contributed by atoms with Gasteiger partial charge < -0.3 is 10.4 Å². The van der Waals surface area contributed by atoms with Gasteiger partial charge >= 0.3 is 0 Å². The van der Waals surface area contributed by atoms with E-state index in [1.165, 1.54) is 4.31 Å². The van der Waals surface area contributed by atoms with Crippen LogP contribution in [0.4, 0.5) is 0 Å². The van der Waals surface area contributed by atoms with E-state index in [0.29, 0.717) is 25.9 Å². The standard InChI is InChI=1S/C14H20N2O4S/c1-21(19,20)16-7-3-6-13(16)14(18)15-9-11-4-2-5-12(8-11)10-17/h2,4-5,8,13,17H,3,6-7,9-10H2,1H3,(H,15,18). The number of carbonyl (C=O) groups is 1. The van der Waals surface area contributed by atoms with Crippen molar-refractivity contribution in [1.82, 2.24) is 9.62 Å². The Balaban J connectivity index is 1.98. The maximum atomic E-state index is 12.2. The lowest BCUT2D eigenvalue weighted by Crippen LogP contribution is -2.45. The molecule has 1 saturated heterocycles. The van der Waals surface area contributed by atoms with Crippen molar-refractivity contribution in [3.63, 3.8) is 0 Å². The molecular weight excluding hydrogens is 292 g/mol. The lowest BCUT2D eigenvalue weighted by Gasteiger charge is -2.21. The average Bonchev–Trinajstić information content (AvgIpc) is 2.94. The number of sulfonamides is 1. The average molecular weight is 312 g/mol. The molecule has 1 amide bonds. The quantitative estimate of drug-likeness (QED) is 0.814. The predicted octanol–water partition coefficient (Wildman–Crippen LogP) is 0.219. The first-order valence-corrected chi connectivity index (χ1v) is 8.70. The molecule has 0 spiro atoms. The first kappa shape index (κ1) is 15.9. The molecule has 0 aliphatic carbocycles. The molecule has 0 radical (unpaired) electrons. The van der Waals surface area contributed by atoms with Crippen molar-refractivity contribution in [1.29, 1.82) is 0 Å². The fourth-order valence-corrected chi connectivity index (χ4v) is 3.67. The smallest absolute Gasteiger partial charge is 0.238 e. The molecule has 1 unspecified atom stereocenters. The van der Waals surface area contributed by atoms with Crippen molar-refractivity contribution < 1.29 is 18.3 Å². The maximum Gasteiger partial charge on any atom is 0.238 e. The Morgan fingerprint density at radius 2 is 2.14 bits per heavy atom. The maximum absolute atomic E-state index is 12.2. The zero-order valence-corrected chi connectivity index (χ0v) is 12.8. The highest BCUT2D eigenvalue weighted by Gasteiger charge is 2.36. The van der Waals surface area contributed by atoms with Gasteiger partial charge in [0.15, 0.2) is 0 Å². The fourth-order valence-electron chi connectivity index (χ4n) is 2.54. The van der Waals surface area contributed by atoms with E-state index in [2.05, 4.69) is 5.32 Å². The fraction of sp³-hybridized carbons (Fsp3) is 0.500. The number of carbonyl (C=O) groups excluding carboxylic acids is 1. The second kappa shape index (κ2) is 6.55. The Kier molecular flexibility index (Phi) is 4.97. The molecule has 1 aromatic rings. The van der Waals surface area contributed by atoms with Gasteiger partial charge in [-0.05, 0) is 24.0 Å². The van der Waals surface area contributed by atoms with Gasteiger partial charge in [-0.15, -0.1) is 0 Å². The van der Waals surface area contributed by atoms with Crippen LogP contribution in [0.5, 0.6) is 0 Å². The molecular formula is C14H20N2O4S. The van der Waals surface area contributed by atoms with E-state index in [4.69, 9.17) is 5.11 Å². The zero-order valence-electron chi connectivity index (χ0n) is 11.9. The number of hydrogen-bond acceptors (Lipinski definition) is 4. The summed E-state index contributed by atoms with van der Waals surface area (Å²) in [6.07, 6.45) is 2.38. The van der Waals surface area contributed by atoms with E-state index in [-0.39, 0.29) is 12.5 Å². The third-order valence-electron chi connectivity index (χ3n) is 3.57. The molecule has 1 fully saturated rings. The van der Waals surface area contributed by atoms with Gasteiger partial charge in [-0.3, -0.25) is 4.79 Å². The summed E-state index contributed by atoms with van der Waals surface area (Å²) in [5.41, 5.74) is 1.65. The van der Waals surface area contributed by atoms with Crippen molar-refractivity contribution >= 4 is 15.9 Å². The molecule has 2 rings (SSSR count). The summed E-state index contributed by atoms with van der Waals surface area (Å²) in [6.45, 7) is 0.671. The van der Waals surface area contributed by atoms with Gasteiger partial charge in [-0.2, -0.15) is 4.31 Å². The third-order valence-corrected chi connectivity index (χ3v) is 4.86. The molecule has 1 heterocycles. The molecule has 21 heavy (non-hydrogen) atoms. The summed E-state index contributed by atoms with van der Waals surface area (Å²) in [6, 6.07) is 6.66. The lowest BCUT2D eigenvalue weighted by molar-refractivity contribution is -0.124. The number of amides is 1. The monoisotopic (exact) mass is 312 g/mol. The summed E-state index contributed by atoms with van der Waals surface area (Å²) in [4.78, 5) is 12.2. The molecule has 1 aliphatic heterocycles. The second-order valence-electron chi connectivity index (χ2n) is 5.23.